The lowest BCUT2D eigenvalue weighted by Gasteiger charge is -2.47. The van der Waals surface area contributed by atoms with E-state index in [4.69, 9.17) is 15.2 Å². The van der Waals surface area contributed by atoms with Gasteiger partial charge in [0.15, 0.2) is 0 Å². The fourth-order valence-corrected chi connectivity index (χ4v) is 4.44. The second kappa shape index (κ2) is 4.83. The van der Waals surface area contributed by atoms with Crippen LogP contribution in [0.15, 0.2) is 0 Å². The van der Waals surface area contributed by atoms with Crippen molar-refractivity contribution >= 4 is 12.1 Å². The molecule has 4 fully saturated rings. The van der Waals surface area contributed by atoms with E-state index in [2.05, 4.69) is 0 Å². The van der Waals surface area contributed by atoms with Gasteiger partial charge in [0.05, 0.1) is 11.2 Å². The van der Waals surface area contributed by atoms with E-state index in [-0.39, 0.29) is 6.09 Å². The van der Waals surface area contributed by atoms with Gasteiger partial charge < -0.3 is 25.2 Å². The monoisotopic (exact) mass is 326 g/mol. The van der Waals surface area contributed by atoms with Crippen molar-refractivity contribution in [2.75, 3.05) is 19.6 Å². The summed E-state index contributed by atoms with van der Waals surface area (Å²) >= 11 is 0. The standard InChI is InChI=1S/C16H26N2O5/c1-13(2,3)22-12(21)18-6-4-16(5-7-18)15(11(19)20)8-14(9-15,10-17)23-16/h4-10,17H2,1-3H3,(H,19,20). The molecule has 4 rings (SSSR count). The first kappa shape index (κ1) is 16.5. The van der Waals surface area contributed by atoms with Crippen LogP contribution >= 0.6 is 0 Å². The number of nitrogens with zero attached hydrogens (tertiary/aromatic N) is 1. The van der Waals surface area contributed by atoms with Gasteiger partial charge in [0.1, 0.15) is 11.0 Å². The third-order valence-corrected chi connectivity index (χ3v) is 5.54. The number of aliphatic carboxylic acids is 1. The minimum atomic E-state index is -0.841. The number of carboxylic acids is 1. The molecule has 130 valence electrons. The molecule has 1 saturated carbocycles. The zero-order chi connectivity index (χ0) is 17.1. The van der Waals surface area contributed by atoms with Gasteiger partial charge in [-0.3, -0.25) is 4.79 Å². The average Bonchev–Trinajstić information content (AvgIpc) is 2.82. The molecule has 1 aliphatic carbocycles. The molecule has 3 saturated heterocycles. The zero-order valence-corrected chi connectivity index (χ0v) is 14.1. The number of carboxylic acid groups (broad SMARTS) is 1. The molecule has 23 heavy (non-hydrogen) atoms. The van der Waals surface area contributed by atoms with E-state index in [9.17, 15) is 14.7 Å². The Morgan fingerprint density at radius 1 is 1.26 bits per heavy atom. The highest BCUT2D eigenvalue weighted by Gasteiger charge is 2.78. The number of nitrogens with two attached hydrogens (primary N) is 1. The molecule has 3 aliphatic heterocycles. The summed E-state index contributed by atoms with van der Waals surface area (Å²) in [5, 5.41) is 9.74. The fraction of sp³-hybridized carbons (Fsp3) is 0.875. The number of ether oxygens (including phenoxy) is 2. The Hall–Kier alpha value is -1.34. The van der Waals surface area contributed by atoms with Crippen LogP contribution < -0.4 is 5.73 Å². The third-order valence-electron chi connectivity index (χ3n) is 5.54. The van der Waals surface area contributed by atoms with Gasteiger partial charge in [0, 0.05) is 19.6 Å². The molecular weight excluding hydrogens is 300 g/mol. The smallest absolute Gasteiger partial charge is 0.410 e. The van der Waals surface area contributed by atoms with Crippen molar-refractivity contribution in [2.45, 2.75) is 63.3 Å². The molecule has 0 aromatic carbocycles. The molecule has 0 aromatic heterocycles. The van der Waals surface area contributed by atoms with Crippen LogP contribution in [0.2, 0.25) is 0 Å². The fourth-order valence-electron chi connectivity index (χ4n) is 4.44. The number of amides is 1. The first-order chi connectivity index (χ1) is 10.6. The number of rotatable bonds is 2. The number of hydrogen-bond donors (Lipinski definition) is 2. The SMILES string of the molecule is CC(C)(C)OC(=O)N1CCC2(CC1)OC1(CN)CC2(C(=O)O)C1. The average molecular weight is 326 g/mol. The normalized spacial score (nSPS) is 35.0. The molecule has 0 unspecified atom stereocenters. The maximum absolute atomic E-state index is 12.2. The van der Waals surface area contributed by atoms with Gasteiger partial charge in [-0.1, -0.05) is 0 Å². The highest BCUT2D eigenvalue weighted by atomic mass is 16.6. The first-order valence-corrected chi connectivity index (χ1v) is 8.19. The van der Waals surface area contributed by atoms with E-state index in [1.54, 1.807) is 4.90 Å². The van der Waals surface area contributed by atoms with Crippen molar-refractivity contribution in [2.24, 2.45) is 11.1 Å². The Balaban J connectivity index is 1.71. The largest absolute Gasteiger partial charge is 0.481 e. The summed E-state index contributed by atoms with van der Waals surface area (Å²) in [5.41, 5.74) is 3.24. The quantitative estimate of drug-likeness (QED) is 0.794. The van der Waals surface area contributed by atoms with E-state index in [1.807, 2.05) is 20.8 Å². The van der Waals surface area contributed by atoms with Gasteiger partial charge in [-0.05, 0) is 46.5 Å². The summed E-state index contributed by atoms with van der Waals surface area (Å²) in [5.74, 6) is -0.801. The van der Waals surface area contributed by atoms with Crippen LogP contribution in [0.25, 0.3) is 0 Å². The van der Waals surface area contributed by atoms with Crippen molar-refractivity contribution in [3.63, 3.8) is 0 Å². The van der Waals surface area contributed by atoms with Gasteiger partial charge in [-0.2, -0.15) is 0 Å². The van der Waals surface area contributed by atoms with Gasteiger partial charge in [0.2, 0.25) is 0 Å². The van der Waals surface area contributed by atoms with E-state index in [1.165, 1.54) is 0 Å². The van der Waals surface area contributed by atoms with Crippen LogP contribution in [0.3, 0.4) is 0 Å². The number of hydrogen-bond acceptors (Lipinski definition) is 5. The van der Waals surface area contributed by atoms with Gasteiger partial charge >= 0.3 is 12.1 Å². The predicted octanol–water partition coefficient (Wildman–Crippen LogP) is 1.35. The summed E-state index contributed by atoms with van der Waals surface area (Å²) in [6.07, 6.45) is 1.65. The van der Waals surface area contributed by atoms with Crippen LogP contribution in [0.4, 0.5) is 4.79 Å². The molecule has 0 radical (unpaired) electrons. The van der Waals surface area contributed by atoms with Crippen LogP contribution in [0, 0.1) is 5.41 Å². The topological polar surface area (TPSA) is 102 Å². The van der Waals surface area contributed by atoms with E-state index < -0.39 is 28.2 Å². The lowest BCUT2D eigenvalue weighted by molar-refractivity contribution is -0.160. The molecule has 2 bridgehead atoms. The predicted molar refractivity (Wildman–Crippen MR) is 81.9 cm³/mol. The first-order valence-electron chi connectivity index (χ1n) is 8.19. The number of carbonyl (C=O) groups excluding carboxylic acids is 1. The van der Waals surface area contributed by atoms with Gasteiger partial charge in [-0.15, -0.1) is 0 Å². The summed E-state index contributed by atoms with van der Waals surface area (Å²) in [6, 6.07) is 0. The minimum absolute atomic E-state index is 0.347. The van der Waals surface area contributed by atoms with Crippen LogP contribution in [0.1, 0.15) is 46.5 Å². The van der Waals surface area contributed by atoms with Crippen molar-refractivity contribution in [1.82, 2.24) is 4.90 Å². The Bertz CT molecular complexity index is 525. The Morgan fingerprint density at radius 2 is 1.83 bits per heavy atom. The second-order valence-corrected chi connectivity index (χ2v) is 8.19. The lowest BCUT2D eigenvalue weighted by Crippen LogP contribution is -2.59. The summed E-state index contributed by atoms with van der Waals surface area (Å²) in [7, 11) is 0. The van der Waals surface area contributed by atoms with Gasteiger partial charge in [0.25, 0.3) is 0 Å². The van der Waals surface area contributed by atoms with Crippen LogP contribution in [-0.4, -0.2) is 58.5 Å². The van der Waals surface area contributed by atoms with E-state index in [0.717, 1.165) is 0 Å². The van der Waals surface area contributed by atoms with Crippen molar-refractivity contribution < 1.29 is 24.2 Å². The third kappa shape index (κ3) is 2.32. The Morgan fingerprint density at radius 3 is 2.26 bits per heavy atom. The molecule has 4 aliphatic rings. The van der Waals surface area contributed by atoms with Gasteiger partial charge in [-0.25, -0.2) is 4.79 Å². The Labute approximate surface area is 136 Å². The summed E-state index contributed by atoms with van der Waals surface area (Å²) in [6.45, 7) is 6.73. The van der Waals surface area contributed by atoms with Crippen molar-refractivity contribution in [3.05, 3.63) is 0 Å². The molecule has 0 aromatic rings. The number of likely N-dealkylation sites (tertiary alicyclic amines) is 1. The van der Waals surface area contributed by atoms with Crippen LogP contribution in [0.5, 0.6) is 0 Å². The van der Waals surface area contributed by atoms with Crippen LogP contribution in [-0.2, 0) is 14.3 Å². The molecule has 1 spiro atoms. The highest BCUT2D eigenvalue weighted by Crippen LogP contribution is 2.69. The number of carbonyl (C=O) groups is 2. The molecular formula is C16H26N2O5. The molecule has 3 N–H and O–H groups in total. The molecule has 3 heterocycles. The lowest BCUT2D eigenvalue weighted by atomic mass is 9.54. The molecule has 7 nitrogen and oxygen atoms in total. The number of piperidine rings is 1. The maximum atomic E-state index is 12.2. The summed E-state index contributed by atoms with van der Waals surface area (Å²) in [4.78, 5) is 25.7. The maximum Gasteiger partial charge on any atom is 0.410 e. The minimum Gasteiger partial charge on any atom is -0.481 e. The highest BCUT2D eigenvalue weighted by molar-refractivity contribution is 5.80. The van der Waals surface area contributed by atoms with Crippen molar-refractivity contribution in [1.29, 1.82) is 0 Å². The zero-order valence-electron chi connectivity index (χ0n) is 14.1. The van der Waals surface area contributed by atoms with Crippen molar-refractivity contribution in [3.8, 4) is 0 Å². The summed E-state index contributed by atoms with van der Waals surface area (Å²) < 4.78 is 11.6. The van der Waals surface area contributed by atoms with E-state index >= 15 is 0 Å². The molecule has 1 amide bonds. The molecule has 0 atom stereocenters. The molecule has 7 heteroatoms. The van der Waals surface area contributed by atoms with E-state index in [0.29, 0.717) is 45.3 Å². The Kier molecular flexibility index (Phi) is 3.47. The second-order valence-electron chi connectivity index (χ2n) is 8.19.